The van der Waals surface area contributed by atoms with E-state index in [0.717, 1.165) is 6.42 Å². The molecule has 3 aromatic rings. The number of benzene rings is 3. The van der Waals surface area contributed by atoms with E-state index < -0.39 is 23.3 Å². The molecule has 1 fully saturated rings. The normalized spacial score (nSPS) is 18.2. The molecule has 1 aliphatic heterocycles. The number of allylic oxidation sites excluding steroid dienone is 1. The fraction of sp³-hybridized carbons (Fsp3) is 0.310. The fourth-order valence-electron chi connectivity index (χ4n) is 4.39. The maximum absolute atomic E-state index is 15.0. The summed E-state index contributed by atoms with van der Waals surface area (Å²) in [5, 5.41) is 0. The van der Waals surface area contributed by atoms with Crippen molar-refractivity contribution in [2.24, 2.45) is 0 Å². The van der Waals surface area contributed by atoms with E-state index in [2.05, 4.69) is 0 Å². The quantitative estimate of drug-likeness (QED) is 0.249. The summed E-state index contributed by atoms with van der Waals surface area (Å²) in [4.78, 5) is 0. The lowest BCUT2D eigenvalue weighted by molar-refractivity contribution is 0.0317. The van der Waals surface area contributed by atoms with E-state index in [1.807, 2.05) is 26.0 Å². The first-order valence-corrected chi connectivity index (χ1v) is 11.9. The molecule has 6 heteroatoms. The Bertz CT molecular complexity index is 1200. The Kier molecular flexibility index (Phi) is 7.91. The molecule has 1 heterocycles. The Morgan fingerprint density at radius 2 is 1.46 bits per heavy atom. The number of hydrogen-bond donors (Lipinski definition) is 0. The molecule has 0 spiro atoms. The molecular weight excluding hydrogens is 456 g/mol. The Morgan fingerprint density at radius 3 is 2.03 bits per heavy atom. The lowest BCUT2D eigenvalue weighted by Crippen LogP contribution is -2.24. The van der Waals surface area contributed by atoms with Gasteiger partial charge in [-0.1, -0.05) is 55.5 Å². The molecule has 1 aliphatic rings. The molecular formula is C29H28F4O2. The van der Waals surface area contributed by atoms with Crippen LogP contribution in [0.4, 0.5) is 17.6 Å². The van der Waals surface area contributed by atoms with Crippen LogP contribution in [-0.4, -0.2) is 19.3 Å². The summed E-state index contributed by atoms with van der Waals surface area (Å²) in [7, 11) is 0. The van der Waals surface area contributed by atoms with Gasteiger partial charge >= 0.3 is 0 Å². The second kappa shape index (κ2) is 11.1. The number of rotatable bonds is 7. The van der Waals surface area contributed by atoms with E-state index in [1.54, 1.807) is 36.4 Å². The Morgan fingerprint density at radius 1 is 0.829 bits per heavy atom. The summed E-state index contributed by atoms with van der Waals surface area (Å²) in [6.45, 7) is 4.42. The summed E-state index contributed by atoms with van der Waals surface area (Å²) >= 11 is 0. The lowest BCUT2D eigenvalue weighted by Gasteiger charge is -2.28. The van der Waals surface area contributed by atoms with E-state index in [4.69, 9.17) is 9.47 Å². The summed E-state index contributed by atoms with van der Waals surface area (Å²) < 4.78 is 70.0. The zero-order valence-electron chi connectivity index (χ0n) is 19.8. The van der Waals surface area contributed by atoms with Gasteiger partial charge in [0, 0.05) is 17.0 Å². The topological polar surface area (TPSA) is 18.5 Å². The highest BCUT2D eigenvalue weighted by Crippen LogP contribution is 2.36. The highest BCUT2D eigenvalue weighted by molar-refractivity contribution is 5.72. The third-order valence-corrected chi connectivity index (χ3v) is 6.29. The molecule has 1 saturated heterocycles. The predicted octanol–water partition coefficient (Wildman–Crippen LogP) is 8.20. The second-order valence-corrected chi connectivity index (χ2v) is 8.67. The van der Waals surface area contributed by atoms with Gasteiger partial charge in [0.2, 0.25) is 5.82 Å². The van der Waals surface area contributed by atoms with Crippen LogP contribution in [0.5, 0.6) is 5.75 Å². The maximum Gasteiger partial charge on any atom is 0.201 e. The minimum atomic E-state index is -1.05. The Labute approximate surface area is 203 Å². The average Bonchev–Trinajstić information content (AvgIpc) is 2.88. The van der Waals surface area contributed by atoms with Gasteiger partial charge in [0.1, 0.15) is 0 Å². The van der Waals surface area contributed by atoms with Gasteiger partial charge in [-0.2, -0.15) is 4.39 Å². The molecule has 4 rings (SSSR count). The van der Waals surface area contributed by atoms with Crippen molar-refractivity contribution in [3.63, 3.8) is 0 Å². The van der Waals surface area contributed by atoms with E-state index in [1.165, 1.54) is 12.1 Å². The fourth-order valence-corrected chi connectivity index (χ4v) is 4.39. The molecule has 0 aromatic heterocycles. The minimum Gasteiger partial charge on any atom is -0.490 e. The van der Waals surface area contributed by atoms with Crippen LogP contribution in [0.15, 0.2) is 60.7 Å². The summed E-state index contributed by atoms with van der Waals surface area (Å²) in [5.41, 5.74) is 1.34. The summed E-state index contributed by atoms with van der Waals surface area (Å²) in [6.07, 6.45) is 6.04. The first-order valence-electron chi connectivity index (χ1n) is 11.9. The van der Waals surface area contributed by atoms with Gasteiger partial charge in [0.15, 0.2) is 23.2 Å². The first kappa shape index (κ1) is 25.0. The van der Waals surface area contributed by atoms with Gasteiger partial charge in [-0.05, 0) is 55.0 Å². The van der Waals surface area contributed by atoms with Crippen molar-refractivity contribution in [3.8, 4) is 28.0 Å². The van der Waals surface area contributed by atoms with Crippen molar-refractivity contribution in [1.29, 1.82) is 0 Å². The Balaban J connectivity index is 1.55. The van der Waals surface area contributed by atoms with Crippen molar-refractivity contribution in [3.05, 3.63) is 89.5 Å². The van der Waals surface area contributed by atoms with Gasteiger partial charge < -0.3 is 9.47 Å². The highest BCUT2D eigenvalue weighted by atomic mass is 19.2. The van der Waals surface area contributed by atoms with Crippen molar-refractivity contribution < 1.29 is 27.0 Å². The molecule has 0 aliphatic carbocycles. The van der Waals surface area contributed by atoms with Gasteiger partial charge in [-0.3, -0.25) is 0 Å². The van der Waals surface area contributed by atoms with E-state index in [-0.39, 0.29) is 35.5 Å². The zero-order valence-corrected chi connectivity index (χ0v) is 19.8. The molecule has 0 bridgehead atoms. The van der Waals surface area contributed by atoms with E-state index in [0.29, 0.717) is 36.1 Å². The SMILES string of the molecule is C/C=C/C1CCC(c2ccc(-c3ccc(-c4ccc(OCCC)c(F)c4F)cc3)c(F)c2F)CO1. The van der Waals surface area contributed by atoms with Crippen molar-refractivity contribution in [1.82, 2.24) is 0 Å². The smallest absolute Gasteiger partial charge is 0.201 e. The minimum absolute atomic E-state index is 0.0142. The number of hydrogen-bond acceptors (Lipinski definition) is 2. The van der Waals surface area contributed by atoms with Crippen LogP contribution in [0.25, 0.3) is 22.3 Å². The third kappa shape index (κ3) is 5.27. The zero-order chi connectivity index (χ0) is 24.9. The largest absolute Gasteiger partial charge is 0.490 e. The van der Waals surface area contributed by atoms with Gasteiger partial charge in [0.05, 0.1) is 19.3 Å². The van der Waals surface area contributed by atoms with Crippen LogP contribution in [0.2, 0.25) is 0 Å². The molecule has 184 valence electrons. The van der Waals surface area contributed by atoms with Crippen LogP contribution < -0.4 is 4.74 Å². The number of halogens is 4. The lowest BCUT2D eigenvalue weighted by atomic mass is 9.89. The van der Waals surface area contributed by atoms with Crippen LogP contribution in [0.3, 0.4) is 0 Å². The molecule has 3 aromatic carbocycles. The second-order valence-electron chi connectivity index (χ2n) is 8.67. The van der Waals surface area contributed by atoms with E-state index >= 15 is 4.39 Å². The van der Waals surface area contributed by atoms with Crippen LogP contribution >= 0.6 is 0 Å². The maximum atomic E-state index is 15.0. The van der Waals surface area contributed by atoms with Crippen molar-refractivity contribution >= 4 is 0 Å². The predicted molar refractivity (Wildman–Crippen MR) is 129 cm³/mol. The molecule has 0 amide bonds. The molecule has 35 heavy (non-hydrogen) atoms. The van der Waals surface area contributed by atoms with Crippen molar-refractivity contribution in [2.45, 2.75) is 45.1 Å². The van der Waals surface area contributed by atoms with Gasteiger partial charge in [-0.25, -0.2) is 13.2 Å². The molecule has 0 saturated carbocycles. The molecule has 2 unspecified atom stereocenters. The molecule has 2 atom stereocenters. The monoisotopic (exact) mass is 484 g/mol. The third-order valence-electron chi connectivity index (χ3n) is 6.29. The number of ether oxygens (including phenoxy) is 2. The first-order chi connectivity index (χ1) is 16.9. The molecule has 0 N–H and O–H groups in total. The average molecular weight is 485 g/mol. The van der Waals surface area contributed by atoms with Crippen LogP contribution in [-0.2, 0) is 4.74 Å². The molecule has 2 nitrogen and oxygen atoms in total. The van der Waals surface area contributed by atoms with Gasteiger partial charge in [0.25, 0.3) is 0 Å². The summed E-state index contributed by atoms with van der Waals surface area (Å²) in [6, 6.07) is 12.2. The van der Waals surface area contributed by atoms with Crippen molar-refractivity contribution in [2.75, 3.05) is 13.2 Å². The molecule has 0 radical (unpaired) electrons. The van der Waals surface area contributed by atoms with E-state index in [9.17, 15) is 13.2 Å². The van der Waals surface area contributed by atoms with Crippen LogP contribution in [0.1, 0.15) is 44.6 Å². The highest BCUT2D eigenvalue weighted by Gasteiger charge is 2.26. The summed E-state index contributed by atoms with van der Waals surface area (Å²) in [5.74, 6) is -4.21. The standard InChI is InChI=1S/C29H28F4O2/c1-3-5-21-11-10-20(17-35-21)24-13-12-22(26(30)27(24)31)18-6-8-19(9-7-18)23-14-15-25(34-16-4-2)29(33)28(23)32/h3,5-9,12-15,20-21H,4,10-11,16-17H2,1-2H3/b5-3+. The Hall–Kier alpha value is -3.12. The van der Waals surface area contributed by atoms with Gasteiger partial charge in [-0.15, -0.1) is 0 Å². The van der Waals surface area contributed by atoms with Crippen LogP contribution in [0, 0.1) is 23.3 Å².